The molecule has 0 bridgehead atoms. The van der Waals surface area contributed by atoms with Crippen molar-refractivity contribution in [3.05, 3.63) is 65.2 Å². The van der Waals surface area contributed by atoms with E-state index in [1.165, 1.54) is 19.2 Å². The summed E-state index contributed by atoms with van der Waals surface area (Å²) in [5.74, 6) is 0.137. The third-order valence-corrected chi connectivity index (χ3v) is 6.19. The summed E-state index contributed by atoms with van der Waals surface area (Å²) in [4.78, 5) is 17.2. The van der Waals surface area contributed by atoms with Gasteiger partial charge in [0.1, 0.15) is 10.6 Å². The molecule has 3 aromatic rings. The van der Waals surface area contributed by atoms with E-state index in [1.807, 2.05) is 0 Å². The molecule has 0 atom stereocenters. The van der Waals surface area contributed by atoms with Crippen molar-refractivity contribution in [2.45, 2.75) is 11.8 Å². The molecule has 0 saturated carbocycles. The number of aryl methyl sites for hydroxylation is 1. The van der Waals surface area contributed by atoms with Gasteiger partial charge in [0.2, 0.25) is 0 Å². The van der Waals surface area contributed by atoms with Crippen LogP contribution in [0.1, 0.15) is 15.4 Å². The van der Waals surface area contributed by atoms with Gasteiger partial charge < -0.3 is 10.1 Å². The first kappa shape index (κ1) is 18.9. The number of rotatable bonds is 6. The van der Waals surface area contributed by atoms with E-state index in [-0.39, 0.29) is 15.9 Å². The Kier molecular flexibility index (Phi) is 5.43. The molecule has 9 heteroatoms. The highest BCUT2D eigenvalue weighted by atomic mass is 32.2. The minimum Gasteiger partial charge on any atom is -0.495 e. The molecule has 0 saturated heterocycles. The Bertz CT molecular complexity index is 1060. The van der Waals surface area contributed by atoms with Gasteiger partial charge in [0.05, 0.1) is 23.4 Å². The summed E-state index contributed by atoms with van der Waals surface area (Å²) < 4.78 is 32.4. The number of benzene rings is 2. The number of hydrogen-bond donors (Lipinski definition) is 2. The molecule has 7 nitrogen and oxygen atoms in total. The summed E-state index contributed by atoms with van der Waals surface area (Å²) in [5.41, 5.74) is 0.947. The number of carbonyl (C=O) groups is 1. The van der Waals surface area contributed by atoms with Crippen molar-refractivity contribution in [1.29, 1.82) is 0 Å². The van der Waals surface area contributed by atoms with Gasteiger partial charge in [0.15, 0.2) is 5.13 Å². The van der Waals surface area contributed by atoms with Gasteiger partial charge >= 0.3 is 0 Å². The van der Waals surface area contributed by atoms with Crippen LogP contribution in [0.5, 0.6) is 5.75 Å². The predicted octanol–water partition coefficient (Wildman–Crippen LogP) is 3.51. The summed E-state index contributed by atoms with van der Waals surface area (Å²) >= 11 is 0.968. The van der Waals surface area contributed by atoms with E-state index in [0.29, 0.717) is 22.0 Å². The molecule has 140 valence electrons. The van der Waals surface area contributed by atoms with Crippen molar-refractivity contribution >= 4 is 38.1 Å². The smallest absolute Gasteiger partial charge is 0.267 e. The molecule has 0 unspecified atom stereocenters. The van der Waals surface area contributed by atoms with E-state index < -0.39 is 10.0 Å². The number of nitrogens with one attached hydrogen (secondary N) is 2. The van der Waals surface area contributed by atoms with Crippen molar-refractivity contribution in [2.24, 2.45) is 0 Å². The number of ether oxygens (including phenoxy) is 1. The highest BCUT2D eigenvalue weighted by molar-refractivity contribution is 7.93. The average molecular weight is 403 g/mol. The number of para-hydroxylation sites is 2. The molecule has 0 aliphatic carbocycles. The van der Waals surface area contributed by atoms with Crippen LogP contribution in [-0.4, -0.2) is 26.4 Å². The third kappa shape index (κ3) is 4.26. The second kappa shape index (κ2) is 7.77. The highest BCUT2D eigenvalue weighted by Crippen LogP contribution is 2.28. The maximum absolute atomic E-state index is 12.6. The molecular weight excluding hydrogens is 386 g/mol. The summed E-state index contributed by atoms with van der Waals surface area (Å²) in [7, 11) is -2.25. The molecule has 2 aromatic carbocycles. The van der Waals surface area contributed by atoms with E-state index in [1.54, 1.807) is 49.4 Å². The summed E-state index contributed by atoms with van der Waals surface area (Å²) in [6, 6.07) is 15.0. The SMILES string of the molecule is COc1ccccc1NC(=O)c1sc(NS(=O)(=O)c2ccccc2)nc1C. The lowest BCUT2D eigenvalue weighted by molar-refractivity contribution is 0.102. The maximum Gasteiger partial charge on any atom is 0.267 e. The van der Waals surface area contributed by atoms with Crippen LogP contribution >= 0.6 is 11.3 Å². The van der Waals surface area contributed by atoms with Gasteiger partial charge in [-0.25, -0.2) is 13.4 Å². The number of thiazole rings is 1. The minimum atomic E-state index is -3.77. The summed E-state index contributed by atoms with van der Waals surface area (Å²) in [6.45, 7) is 1.65. The molecule has 0 aliphatic rings. The zero-order valence-corrected chi connectivity index (χ0v) is 16.2. The zero-order chi connectivity index (χ0) is 19.4. The highest BCUT2D eigenvalue weighted by Gasteiger charge is 2.20. The maximum atomic E-state index is 12.6. The third-order valence-electron chi connectivity index (χ3n) is 3.63. The first-order valence-electron chi connectivity index (χ1n) is 7.90. The first-order valence-corrected chi connectivity index (χ1v) is 10.2. The lowest BCUT2D eigenvalue weighted by Gasteiger charge is -2.08. The van der Waals surface area contributed by atoms with E-state index in [0.717, 1.165) is 11.3 Å². The topological polar surface area (TPSA) is 97.4 Å². The van der Waals surface area contributed by atoms with Crippen LogP contribution < -0.4 is 14.8 Å². The Morgan fingerprint density at radius 2 is 1.74 bits per heavy atom. The zero-order valence-electron chi connectivity index (χ0n) is 14.6. The number of sulfonamides is 1. The van der Waals surface area contributed by atoms with Crippen molar-refractivity contribution < 1.29 is 17.9 Å². The Morgan fingerprint density at radius 1 is 1.07 bits per heavy atom. The molecule has 27 heavy (non-hydrogen) atoms. The summed E-state index contributed by atoms with van der Waals surface area (Å²) in [5, 5.41) is 2.88. The average Bonchev–Trinajstić information content (AvgIpc) is 3.02. The Balaban J connectivity index is 1.81. The van der Waals surface area contributed by atoms with Crippen LogP contribution in [0.4, 0.5) is 10.8 Å². The normalized spacial score (nSPS) is 11.0. The molecule has 1 aromatic heterocycles. The molecule has 0 spiro atoms. The van der Waals surface area contributed by atoms with E-state index in [2.05, 4.69) is 15.0 Å². The van der Waals surface area contributed by atoms with Gasteiger partial charge in [-0.2, -0.15) is 0 Å². The number of hydrogen-bond acceptors (Lipinski definition) is 6. The van der Waals surface area contributed by atoms with Gasteiger partial charge in [0, 0.05) is 0 Å². The van der Waals surface area contributed by atoms with E-state index >= 15 is 0 Å². The molecule has 3 rings (SSSR count). The molecule has 0 radical (unpaired) electrons. The van der Waals surface area contributed by atoms with Crippen molar-refractivity contribution in [3.8, 4) is 5.75 Å². The van der Waals surface area contributed by atoms with Crippen molar-refractivity contribution in [3.63, 3.8) is 0 Å². The molecule has 1 amide bonds. The monoisotopic (exact) mass is 403 g/mol. The lowest BCUT2D eigenvalue weighted by atomic mass is 10.3. The second-order valence-electron chi connectivity index (χ2n) is 5.51. The van der Waals surface area contributed by atoms with E-state index in [9.17, 15) is 13.2 Å². The molecule has 0 aliphatic heterocycles. The standard InChI is InChI=1S/C18H17N3O4S2/c1-12-16(17(22)20-14-10-6-7-11-15(14)25-2)26-18(19-12)21-27(23,24)13-8-4-3-5-9-13/h3-11H,1-2H3,(H,19,21)(H,20,22). The number of anilines is 2. The van der Waals surface area contributed by atoms with Gasteiger partial charge in [-0.05, 0) is 31.2 Å². The molecule has 1 heterocycles. The number of methoxy groups -OCH3 is 1. The van der Waals surface area contributed by atoms with Crippen molar-refractivity contribution in [1.82, 2.24) is 4.98 Å². The van der Waals surface area contributed by atoms with Gasteiger partial charge in [-0.3, -0.25) is 9.52 Å². The van der Waals surface area contributed by atoms with Gasteiger partial charge in [-0.1, -0.05) is 41.7 Å². The van der Waals surface area contributed by atoms with Crippen LogP contribution in [-0.2, 0) is 10.0 Å². The number of carbonyl (C=O) groups excluding carboxylic acids is 1. The molecular formula is C18H17N3O4S2. The quantitative estimate of drug-likeness (QED) is 0.656. The van der Waals surface area contributed by atoms with Crippen LogP contribution in [0.25, 0.3) is 0 Å². The van der Waals surface area contributed by atoms with Crippen LogP contribution in [0, 0.1) is 6.92 Å². The minimum absolute atomic E-state index is 0.123. The fraction of sp³-hybridized carbons (Fsp3) is 0.111. The lowest BCUT2D eigenvalue weighted by Crippen LogP contribution is -2.12. The van der Waals surface area contributed by atoms with E-state index in [4.69, 9.17) is 4.74 Å². The molecule has 2 N–H and O–H groups in total. The number of nitrogens with zero attached hydrogens (tertiary/aromatic N) is 1. The van der Waals surface area contributed by atoms with Crippen LogP contribution in [0.2, 0.25) is 0 Å². The fourth-order valence-corrected chi connectivity index (χ4v) is 4.47. The first-order chi connectivity index (χ1) is 12.9. The van der Waals surface area contributed by atoms with Crippen molar-refractivity contribution in [2.75, 3.05) is 17.1 Å². The Hall–Kier alpha value is -2.91. The van der Waals surface area contributed by atoms with Gasteiger partial charge in [0.25, 0.3) is 15.9 Å². The number of aromatic nitrogens is 1. The summed E-state index contributed by atoms with van der Waals surface area (Å²) in [6.07, 6.45) is 0. The molecule has 0 fully saturated rings. The van der Waals surface area contributed by atoms with Crippen LogP contribution in [0.3, 0.4) is 0 Å². The predicted molar refractivity (Wildman–Crippen MR) is 105 cm³/mol. The number of amides is 1. The van der Waals surface area contributed by atoms with Gasteiger partial charge in [-0.15, -0.1) is 0 Å². The fourth-order valence-electron chi connectivity index (χ4n) is 2.35. The Morgan fingerprint density at radius 3 is 2.44 bits per heavy atom. The second-order valence-corrected chi connectivity index (χ2v) is 8.19. The van der Waals surface area contributed by atoms with Crippen LogP contribution in [0.15, 0.2) is 59.5 Å². The largest absolute Gasteiger partial charge is 0.495 e. The Labute approximate surface area is 161 Å².